The van der Waals surface area contributed by atoms with Crippen LogP contribution in [0.3, 0.4) is 0 Å². The maximum Gasteiger partial charge on any atom is 0.270 e. The number of nitro groups is 1. The molecule has 2 aromatic rings. The normalized spacial score (nSPS) is 10.3. The number of hydrogen-bond donors (Lipinski definition) is 1. The lowest BCUT2D eigenvalue weighted by molar-refractivity contribution is -0.384. The van der Waals surface area contributed by atoms with Crippen LogP contribution in [0.4, 0.5) is 5.69 Å². The van der Waals surface area contributed by atoms with E-state index in [0.717, 1.165) is 0 Å². The second-order valence-electron chi connectivity index (χ2n) is 4.34. The second-order valence-corrected chi connectivity index (χ2v) is 6.35. The van der Waals surface area contributed by atoms with E-state index < -0.39 is 10.8 Å². The average Bonchev–Trinajstić information content (AvgIpc) is 2.46. The van der Waals surface area contributed by atoms with Crippen molar-refractivity contribution in [2.75, 3.05) is 0 Å². The van der Waals surface area contributed by atoms with Crippen LogP contribution in [0.2, 0.25) is 10.0 Å². The molecule has 0 atom stereocenters. The molecule has 0 aromatic heterocycles. The number of amides is 1. The molecule has 0 spiro atoms. The van der Waals surface area contributed by atoms with E-state index >= 15 is 0 Å². The quantitative estimate of drug-likeness (QED) is 0.425. The van der Waals surface area contributed by atoms with Gasteiger partial charge in [0.2, 0.25) is 0 Å². The molecule has 0 heterocycles. The Bertz CT molecular complexity index is 753. The van der Waals surface area contributed by atoms with E-state index in [1.54, 1.807) is 18.2 Å². The average molecular weight is 451 g/mol. The van der Waals surface area contributed by atoms with Gasteiger partial charge in [-0.1, -0.05) is 29.3 Å². The number of hydrogen-bond acceptors (Lipinski definition) is 3. The van der Waals surface area contributed by atoms with Crippen molar-refractivity contribution in [3.8, 4) is 0 Å². The number of carbonyl (C=O) groups is 1. The standard InChI is InChI=1S/C14H9Cl2IN2O3/c15-9-2-1-8(12(16)5-9)7-18-14(20)11-6-10(19(21)22)3-4-13(11)17/h1-6H,7H2,(H,18,20). The number of non-ortho nitro benzene ring substituents is 1. The topological polar surface area (TPSA) is 72.2 Å². The van der Waals surface area contributed by atoms with Crippen LogP contribution in [-0.4, -0.2) is 10.8 Å². The lowest BCUT2D eigenvalue weighted by Gasteiger charge is -2.08. The van der Waals surface area contributed by atoms with Crippen LogP contribution in [0.15, 0.2) is 36.4 Å². The highest BCUT2D eigenvalue weighted by molar-refractivity contribution is 14.1. The minimum absolute atomic E-state index is 0.130. The van der Waals surface area contributed by atoms with E-state index in [1.165, 1.54) is 18.2 Å². The van der Waals surface area contributed by atoms with Crippen LogP contribution < -0.4 is 5.32 Å². The van der Waals surface area contributed by atoms with Gasteiger partial charge in [-0.15, -0.1) is 0 Å². The highest BCUT2D eigenvalue weighted by atomic mass is 127. The van der Waals surface area contributed by atoms with Gasteiger partial charge in [-0.05, 0) is 46.4 Å². The summed E-state index contributed by atoms with van der Waals surface area (Å²) < 4.78 is 0.628. The summed E-state index contributed by atoms with van der Waals surface area (Å²) in [6, 6.07) is 9.11. The Kier molecular flexibility index (Phi) is 5.60. The molecule has 2 rings (SSSR count). The van der Waals surface area contributed by atoms with Gasteiger partial charge in [-0.25, -0.2) is 0 Å². The Morgan fingerprint density at radius 3 is 2.59 bits per heavy atom. The van der Waals surface area contributed by atoms with E-state index in [-0.39, 0.29) is 17.8 Å². The Hall–Kier alpha value is -1.38. The van der Waals surface area contributed by atoms with Crippen molar-refractivity contribution >= 4 is 57.4 Å². The third kappa shape index (κ3) is 4.08. The first-order valence-electron chi connectivity index (χ1n) is 6.04. The maximum atomic E-state index is 12.2. The Morgan fingerprint density at radius 2 is 1.95 bits per heavy atom. The fourth-order valence-electron chi connectivity index (χ4n) is 1.74. The van der Waals surface area contributed by atoms with Crippen molar-refractivity contribution in [3.05, 3.63) is 71.3 Å². The third-order valence-corrected chi connectivity index (χ3v) is 4.39. The first-order valence-corrected chi connectivity index (χ1v) is 7.88. The number of halogens is 3. The van der Waals surface area contributed by atoms with Gasteiger partial charge in [0.05, 0.1) is 10.5 Å². The molecule has 8 heteroatoms. The molecular formula is C14H9Cl2IN2O3. The molecule has 0 bridgehead atoms. The van der Waals surface area contributed by atoms with Crippen molar-refractivity contribution in [1.82, 2.24) is 5.32 Å². The van der Waals surface area contributed by atoms with Gasteiger partial charge in [-0.3, -0.25) is 14.9 Å². The number of nitrogens with zero attached hydrogens (tertiary/aromatic N) is 1. The Morgan fingerprint density at radius 1 is 1.23 bits per heavy atom. The fraction of sp³-hybridized carbons (Fsp3) is 0.0714. The summed E-state index contributed by atoms with van der Waals surface area (Å²) in [4.78, 5) is 22.4. The molecule has 22 heavy (non-hydrogen) atoms. The van der Waals surface area contributed by atoms with Crippen LogP contribution in [-0.2, 0) is 6.54 Å². The molecule has 1 N–H and O–H groups in total. The van der Waals surface area contributed by atoms with Crippen molar-refractivity contribution < 1.29 is 9.72 Å². The van der Waals surface area contributed by atoms with Crippen molar-refractivity contribution in [2.24, 2.45) is 0 Å². The van der Waals surface area contributed by atoms with Crippen LogP contribution in [0, 0.1) is 13.7 Å². The summed E-state index contributed by atoms with van der Waals surface area (Å²) in [5.74, 6) is -0.404. The molecule has 1 amide bonds. The van der Waals surface area contributed by atoms with Gasteiger partial charge in [0, 0.05) is 32.3 Å². The summed E-state index contributed by atoms with van der Waals surface area (Å²) >= 11 is 13.8. The number of nitro benzene ring substituents is 1. The summed E-state index contributed by atoms with van der Waals surface area (Å²) in [5.41, 5.74) is 0.829. The maximum absolute atomic E-state index is 12.2. The smallest absolute Gasteiger partial charge is 0.270 e. The lowest BCUT2D eigenvalue weighted by Crippen LogP contribution is -2.24. The second kappa shape index (κ2) is 7.26. The molecule has 2 aromatic carbocycles. The molecule has 114 valence electrons. The molecule has 0 aliphatic rings. The van der Waals surface area contributed by atoms with Gasteiger partial charge >= 0.3 is 0 Å². The molecule has 0 radical (unpaired) electrons. The van der Waals surface area contributed by atoms with Gasteiger partial charge in [-0.2, -0.15) is 0 Å². The van der Waals surface area contributed by atoms with Gasteiger partial charge in [0.25, 0.3) is 11.6 Å². The number of nitrogens with one attached hydrogen (secondary N) is 1. The minimum atomic E-state index is -0.539. The molecule has 0 aliphatic carbocycles. The largest absolute Gasteiger partial charge is 0.348 e. The van der Waals surface area contributed by atoms with E-state index in [0.29, 0.717) is 19.2 Å². The SMILES string of the molecule is O=C(NCc1ccc(Cl)cc1Cl)c1cc([N+](=O)[O-])ccc1I. The summed E-state index contributed by atoms with van der Waals surface area (Å²) in [6.45, 7) is 0.202. The van der Waals surface area contributed by atoms with E-state index in [1.807, 2.05) is 22.6 Å². The van der Waals surface area contributed by atoms with Crippen LogP contribution >= 0.6 is 45.8 Å². The highest BCUT2D eigenvalue weighted by Gasteiger charge is 2.15. The van der Waals surface area contributed by atoms with E-state index in [4.69, 9.17) is 23.2 Å². The van der Waals surface area contributed by atoms with Crippen molar-refractivity contribution in [2.45, 2.75) is 6.54 Å². The van der Waals surface area contributed by atoms with Gasteiger partial charge in [0.15, 0.2) is 0 Å². The lowest BCUT2D eigenvalue weighted by atomic mass is 10.1. The fourth-order valence-corrected chi connectivity index (χ4v) is 2.79. The highest BCUT2D eigenvalue weighted by Crippen LogP contribution is 2.22. The zero-order valence-corrected chi connectivity index (χ0v) is 14.6. The Balaban J connectivity index is 2.15. The van der Waals surface area contributed by atoms with Crippen LogP contribution in [0.25, 0.3) is 0 Å². The van der Waals surface area contributed by atoms with Gasteiger partial charge in [0.1, 0.15) is 0 Å². The molecule has 5 nitrogen and oxygen atoms in total. The number of benzene rings is 2. The summed E-state index contributed by atoms with van der Waals surface area (Å²) in [5, 5.41) is 14.4. The molecule has 0 saturated carbocycles. The van der Waals surface area contributed by atoms with Crippen LogP contribution in [0.5, 0.6) is 0 Å². The van der Waals surface area contributed by atoms with E-state index in [2.05, 4.69) is 5.32 Å². The monoisotopic (exact) mass is 450 g/mol. The van der Waals surface area contributed by atoms with E-state index in [9.17, 15) is 14.9 Å². The zero-order valence-electron chi connectivity index (χ0n) is 11.0. The summed E-state index contributed by atoms with van der Waals surface area (Å²) in [7, 11) is 0. The number of rotatable bonds is 4. The molecule has 0 fully saturated rings. The molecule has 0 unspecified atom stereocenters. The summed E-state index contributed by atoms with van der Waals surface area (Å²) in [6.07, 6.45) is 0. The molecular weight excluding hydrogens is 442 g/mol. The Labute approximate surface area is 149 Å². The van der Waals surface area contributed by atoms with Crippen molar-refractivity contribution in [1.29, 1.82) is 0 Å². The molecule has 0 aliphatic heterocycles. The number of carbonyl (C=O) groups excluding carboxylic acids is 1. The van der Waals surface area contributed by atoms with Crippen molar-refractivity contribution in [3.63, 3.8) is 0 Å². The third-order valence-electron chi connectivity index (χ3n) is 2.86. The first kappa shape index (κ1) is 17.0. The van der Waals surface area contributed by atoms with Gasteiger partial charge < -0.3 is 5.32 Å². The molecule has 0 saturated heterocycles. The predicted molar refractivity (Wildman–Crippen MR) is 93.4 cm³/mol. The van der Waals surface area contributed by atoms with Crippen LogP contribution in [0.1, 0.15) is 15.9 Å². The minimum Gasteiger partial charge on any atom is -0.348 e. The first-order chi connectivity index (χ1) is 10.4. The zero-order chi connectivity index (χ0) is 16.3. The predicted octanol–water partition coefficient (Wildman–Crippen LogP) is 4.44.